The first kappa shape index (κ1) is 13.6. The molecular weight excluding hydrogens is 222 g/mol. The van der Waals surface area contributed by atoms with Gasteiger partial charge in [0.15, 0.2) is 0 Å². The van der Waals surface area contributed by atoms with E-state index in [0.717, 1.165) is 25.9 Å². The van der Waals surface area contributed by atoms with E-state index in [1.807, 2.05) is 18.2 Å². The van der Waals surface area contributed by atoms with Gasteiger partial charge in [0.25, 0.3) is 0 Å². The fraction of sp³-hybridized carbons (Fsp3) is 0.625. The molecule has 1 aromatic carbocycles. The molecule has 2 unspecified atom stereocenters. The molecule has 18 heavy (non-hydrogen) atoms. The van der Waals surface area contributed by atoms with E-state index in [1.165, 1.54) is 18.4 Å². The highest BCUT2D eigenvalue weighted by Crippen LogP contribution is 2.29. The van der Waals surface area contributed by atoms with Crippen molar-refractivity contribution >= 4 is 0 Å². The Balaban J connectivity index is 2.07. The summed E-state index contributed by atoms with van der Waals surface area (Å²) < 4.78 is 0. The first-order chi connectivity index (χ1) is 8.66. The molecule has 2 atom stereocenters. The van der Waals surface area contributed by atoms with Crippen LogP contribution in [0.15, 0.2) is 30.3 Å². The average molecular weight is 247 g/mol. The van der Waals surface area contributed by atoms with E-state index in [2.05, 4.69) is 30.9 Å². The van der Waals surface area contributed by atoms with Crippen LogP contribution in [0.1, 0.15) is 38.7 Å². The fourth-order valence-corrected chi connectivity index (χ4v) is 2.96. The maximum absolute atomic E-state index is 10.6. The Hall–Kier alpha value is -0.860. The third-order valence-electron chi connectivity index (χ3n) is 4.53. The van der Waals surface area contributed by atoms with Crippen molar-refractivity contribution < 1.29 is 5.11 Å². The highest BCUT2D eigenvalue weighted by atomic mass is 16.3. The lowest BCUT2D eigenvalue weighted by Gasteiger charge is -2.42. The van der Waals surface area contributed by atoms with E-state index in [9.17, 15) is 5.11 Å². The molecule has 1 fully saturated rings. The maximum atomic E-state index is 10.6. The third-order valence-corrected chi connectivity index (χ3v) is 4.53. The van der Waals surface area contributed by atoms with Gasteiger partial charge in [-0.05, 0) is 44.8 Å². The lowest BCUT2D eigenvalue weighted by molar-refractivity contribution is -0.0117. The van der Waals surface area contributed by atoms with Gasteiger partial charge in [-0.1, -0.05) is 37.3 Å². The average Bonchev–Trinajstić information content (AvgIpc) is 2.93. The van der Waals surface area contributed by atoms with Crippen LogP contribution in [0.25, 0.3) is 0 Å². The van der Waals surface area contributed by atoms with E-state index in [1.54, 1.807) is 0 Å². The Morgan fingerprint density at radius 3 is 2.39 bits per heavy atom. The molecule has 0 aliphatic carbocycles. The lowest BCUT2D eigenvalue weighted by atomic mass is 9.86. The van der Waals surface area contributed by atoms with Crippen molar-refractivity contribution in [2.75, 3.05) is 13.1 Å². The molecule has 1 N–H and O–H groups in total. The molecule has 1 aromatic rings. The van der Waals surface area contributed by atoms with Gasteiger partial charge in [0.1, 0.15) is 0 Å². The highest BCUT2D eigenvalue weighted by Gasteiger charge is 2.38. The number of likely N-dealkylation sites (tertiary alicyclic amines) is 1. The second-order valence-corrected chi connectivity index (χ2v) is 5.61. The van der Waals surface area contributed by atoms with Gasteiger partial charge in [0, 0.05) is 12.0 Å². The molecule has 0 aromatic heterocycles. The molecule has 1 aliphatic heterocycles. The summed E-state index contributed by atoms with van der Waals surface area (Å²) in [6.45, 7) is 6.67. The van der Waals surface area contributed by atoms with Crippen molar-refractivity contribution in [3.05, 3.63) is 35.9 Å². The molecular formula is C16H25NO. The summed E-state index contributed by atoms with van der Waals surface area (Å²) >= 11 is 0. The number of aliphatic hydroxyl groups is 1. The highest BCUT2D eigenvalue weighted by molar-refractivity contribution is 5.16. The molecule has 100 valence electrons. The van der Waals surface area contributed by atoms with Crippen molar-refractivity contribution in [2.45, 2.75) is 51.2 Å². The van der Waals surface area contributed by atoms with E-state index >= 15 is 0 Å². The summed E-state index contributed by atoms with van der Waals surface area (Å²) in [5, 5.41) is 10.6. The molecule has 2 rings (SSSR count). The largest absolute Gasteiger partial charge is 0.391 e. The van der Waals surface area contributed by atoms with Gasteiger partial charge < -0.3 is 5.11 Å². The first-order valence-corrected chi connectivity index (χ1v) is 7.14. The molecule has 0 spiro atoms. The fourth-order valence-electron chi connectivity index (χ4n) is 2.96. The molecule has 0 saturated carbocycles. The van der Waals surface area contributed by atoms with Crippen LogP contribution in [0.2, 0.25) is 0 Å². The maximum Gasteiger partial charge on any atom is 0.0761 e. The van der Waals surface area contributed by atoms with Gasteiger partial charge in [-0.2, -0.15) is 0 Å². The Bertz CT molecular complexity index is 359. The molecule has 1 heterocycles. The summed E-state index contributed by atoms with van der Waals surface area (Å²) in [4.78, 5) is 2.47. The Morgan fingerprint density at radius 1 is 1.22 bits per heavy atom. The molecule has 0 amide bonds. The Labute approximate surface area is 111 Å². The zero-order chi connectivity index (χ0) is 13.0. The standard InChI is InChI=1S/C16H25NO/c1-3-16(2,17-11-7-8-12-17)15(18)13-14-9-5-4-6-10-14/h4-6,9-10,15,18H,3,7-8,11-13H2,1-2H3. The smallest absolute Gasteiger partial charge is 0.0761 e. The normalized spacial score (nSPS) is 21.7. The first-order valence-electron chi connectivity index (χ1n) is 7.14. The monoisotopic (exact) mass is 247 g/mol. The SMILES string of the molecule is CCC(C)(C(O)Cc1ccccc1)N1CCCC1. The molecule has 1 saturated heterocycles. The van der Waals surface area contributed by atoms with Crippen LogP contribution in [0.5, 0.6) is 0 Å². The van der Waals surface area contributed by atoms with Crippen LogP contribution in [-0.2, 0) is 6.42 Å². The molecule has 1 aliphatic rings. The number of aliphatic hydroxyl groups excluding tert-OH is 1. The van der Waals surface area contributed by atoms with Crippen molar-refractivity contribution in [1.29, 1.82) is 0 Å². The summed E-state index contributed by atoms with van der Waals surface area (Å²) in [5.41, 5.74) is 1.15. The minimum Gasteiger partial charge on any atom is -0.391 e. The zero-order valence-corrected chi connectivity index (χ0v) is 11.6. The van der Waals surface area contributed by atoms with Crippen LogP contribution < -0.4 is 0 Å². The van der Waals surface area contributed by atoms with Crippen LogP contribution in [-0.4, -0.2) is 34.7 Å². The number of benzene rings is 1. The van der Waals surface area contributed by atoms with Gasteiger partial charge in [0.2, 0.25) is 0 Å². The van der Waals surface area contributed by atoms with Gasteiger partial charge >= 0.3 is 0 Å². The number of hydrogen-bond donors (Lipinski definition) is 1. The van der Waals surface area contributed by atoms with E-state index in [4.69, 9.17) is 0 Å². The van der Waals surface area contributed by atoms with Crippen LogP contribution in [0, 0.1) is 0 Å². The Morgan fingerprint density at radius 2 is 1.83 bits per heavy atom. The van der Waals surface area contributed by atoms with Gasteiger partial charge in [-0.15, -0.1) is 0 Å². The van der Waals surface area contributed by atoms with Crippen molar-refractivity contribution in [3.8, 4) is 0 Å². The molecule has 0 bridgehead atoms. The van der Waals surface area contributed by atoms with Crippen molar-refractivity contribution in [2.24, 2.45) is 0 Å². The number of rotatable bonds is 5. The lowest BCUT2D eigenvalue weighted by Crippen LogP contribution is -2.53. The van der Waals surface area contributed by atoms with Crippen LogP contribution >= 0.6 is 0 Å². The van der Waals surface area contributed by atoms with E-state index < -0.39 is 0 Å². The zero-order valence-electron chi connectivity index (χ0n) is 11.6. The van der Waals surface area contributed by atoms with Gasteiger partial charge in [-0.25, -0.2) is 0 Å². The number of nitrogens with zero attached hydrogens (tertiary/aromatic N) is 1. The topological polar surface area (TPSA) is 23.5 Å². The van der Waals surface area contributed by atoms with E-state index in [0.29, 0.717) is 0 Å². The molecule has 2 heteroatoms. The summed E-state index contributed by atoms with van der Waals surface area (Å²) in [6.07, 6.45) is 4.01. The summed E-state index contributed by atoms with van der Waals surface area (Å²) in [7, 11) is 0. The predicted molar refractivity (Wildman–Crippen MR) is 75.7 cm³/mol. The molecule has 2 nitrogen and oxygen atoms in total. The minimum atomic E-state index is -0.289. The summed E-state index contributed by atoms with van der Waals surface area (Å²) in [6, 6.07) is 10.3. The minimum absolute atomic E-state index is 0.0770. The Kier molecular flexibility index (Phi) is 4.41. The van der Waals surface area contributed by atoms with E-state index in [-0.39, 0.29) is 11.6 Å². The van der Waals surface area contributed by atoms with Crippen LogP contribution in [0.3, 0.4) is 0 Å². The van der Waals surface area contributed by atoms with Crippen molar-refractivity contribution in [1.82, 2.24) is 4.90 Å². The van der Waals surface area contributed by atoms with Gasteiger partial charge in [-0.3, -0.25) is 4.90 Å². The van der Waals surface area contributed by atoms with Gasteiger partial charge in [0.05, 0.1) is 6.10 Å². The summed E-state index contributed by atoms with van der Waals surface area (Å²) in [5.74, 6) is 0. The second-order valence-electron chi connectivity index (χ2n) is 5.61. The quantitative estimate of drug-likeness (QED) is 0.865. The third kappa shape index (κ3) is 2.76. The van der Waals surface area contributed by atoms with Crippen LogP contribution in [0.4, 0.5) is 0 Å². The van der Waals surface area contributed by atoms with Crippen molar-refractivity contribution in [3.63, 3.8) is 0 Å². The second kappa shape index (κ2) is 5.85. The molecule has 0 radical (unpaired) electrons. The number of hydrogen-bond acceptors (Lipinski definition) is 2. The predicted octanol–water partition coefficient (Wildman–Crippen LogP) is 2.85.